The van der Waals surface area contributed by atoms with Crippen LogP contribution >= 0.6 is 0 Å². The first-order valence-corrected chi connectivity index (χ1v) is 27.4. The van der Waals surface area contributed by atoms with Gasteiger partial charge in [-0.25, -0.2) is 4.68 Å². The predicted octanol–water partition coefficient (Wildman–Crippen LogP) is 3.91. The molecule has 1 aromatic heterocycles. The third kappa shape index (κ3) is 19.7. The smallest absolute Gasteiger partial charge is 0.276 e. The van der Waals surface area contributed by atoms with Crippen molar-refractivity contribution in [2.45, 2.75) is 274 Å². The van der Waals surface area contributed by atoms with Gasteiger partial charge in [0.25, 0.3) is 5.91 Å². The van der Waals surface area contributed by atoms with E-state index in [4.69, 9.17) is 23.7 Å². The molecule has 4 rings (SSSR count). The fourth-order valence-electron chi connectivity index (χ4n) is 9.63. The van der Waals surface area contributed by atoms with Gasteiger partial charge in [-0.1, -0.05) is 160 Å². The van der Waals surface area contributed by atoms with Gasteiger partial charge >= 0.3 is 0 Å². The summed E-state index contributed by atoms with van der Waals surface area (Å²) in [4.78, 5) is 29.1. The van der Waals surface area contributed by atoms with E-state index in [-0.39, 0.29) is 24.7 Å². The van der Waals surface area contributed by atoms with Gasteiger partial charge in [-0.15, -0.1) is 5.10 Å². The van der Waals surface area contributed by atoms with Crippen molar-refractivity contribution in [1.29, 1.82) is 0 Å². The van der Waals surface area contributed by atoms with Crippen LogP contribution in [0.2, 0.25) is 0 Å². The quantitative estimate of drug-likeness (QED) is 0.0436. The van der Waals surface area contributed by atoms with Crippen LogP contribution in [-0.4, -0.2) is 185 Å². The number of ether oxygens (including phenoxy) is 5. The standard InChI is InChI=1S/C51H93N5O15/c1-5-7-9-11-13-15-17-18-19-20-21-23-25-27-29-52-38(58)32-55(30-28-26-24-22-16-14-12-10-8-6-2)48(66)36-31-56(54-53-36)49-47(71-51-44(64)42(62)40(60)35(4)68-51)45(65)46(37(33-57)69-49)70-50-43(63)41(61)39(59)34(3)67-50/h31,34-35,37,39-47,49-51,57,59-65H,5-30,32-33H2,1-4H3,(H,52,58)/t34-,35-,37+,39-,40-,41+,42+,43+,44+,45-,46+,47+,49+,50-,51-/m0/s1. The monoisotopic (exact) mass is 1020 g/mol. The summed E-state index contributed by atoms with van der Waals surface area (Å²) in [7, 11) is 0. The highest BCUT2D eigenvalue weighted by molar-refractivity contribution is 5.94. The molecule has 3 saturated heterocycles. The second-order valence-corrected chi connectivity index (χ2v) is 20.2. The molecule has 0 unspecified atom stereocenters. The van der Waals surface area contributed by atoms with Crippen LogP contribution in [0.5, 0.6) is 0 Å². The minimum Gasteiger partial charge on any atom is -0.394 e. The molecule has 0 radical (unpaired) electrons. The topological polar surface area (TPSA) is 288 Å². The average molecular weight is 1020 g/mol. The fourth-order valence-corrected chi connectivity index (χ4v) is 9.63. The first-order valence-electron chi connectivity index (χ1n) is 27.4. The SMILES string of the molecule is CCCCCCCCCCCCCCCCNC(=O)CN(CCCCCCCCCCCC)C(=O)c1cn([C@@H]2O[C@H](CO)[C@@H](O[C@@H]3O[C@@H](C)[C@H](O)[C@@H](O)[C@H]3O)[C@H](O)[C@H]2O[C@@H]2O[C@@H](C)[C@H](O)[C@@H](O)[C@H]2O)nn1. The zero-order valence-electron chi connectivity index (χ0n) is 43.3. The zero-order chi connectivity index (χ0) is 51.7. The molecular weight excluding hydrogens is 923 g/mol. The van der Waals surface area contributed by atoms with Crippen LogP contribution in [0, 0.1) is 0 Å². The molecule has 9 N–H and O–H groups in total. The van der Waals surface area contributed by atoms with Crippen molar-refractivity contribution in [2.75, 3.05) is 26.2 Å². The lowest BCUT2D eigenvalue weighted by Gasteiger charge is -2.48. The Hall–Kier alpha value is -2.44. The van der Waals surface area contributed by atoms with Gasteiger partial charge in [-0.2, -0.15) is 0 Å². The van der Waals surface area contributed by atoms with Crippen LogP contribution in [0.3, 0.4) is 0 Å². The molecule has 3 aliphatic heterocycles. The maximum atomic E-state index is 14.3. The van der Waals surface area contributed by atoms with Crippen molar-refractivity contribution in [3.63, 3.8) is 0 Å². The van der Waals surface area contributed by atoms with Crippen LogP contribution in [0.1, 0.15) is 199 Å². The minimum atomic E-state index is -1.82. The lowest BCUT2D eigenvalue weighted by Crippen LogP contribution is -2.65. The molecule has 15 atom stereocenters. The van der Waals surface area contributed by atoms with E-state index in [1.54, 1.807) is 0 Å². The molecule has 2 amide bonds. The maximum absolute atomic E-state index is 14.3. The maximum Gasteiger partial charge on any atom is 0.276 e. The molecule has 71 heavy (non-hydrogen) atoms. The normalized spacial score (nSPS) is 31.2. The van der Waals surface area contributed by atoms with Crippen molar-refractivity contribution in [2.24, 2.45) is 0 Å². The second-order valence-electron chi connectivity index (χ2n) is 20.2. The molecule has 3 fully saturated rings. The van der Waals surface area contributed by atoms with Crippen LogP contribution in [0.15, 0.2) is 6.20 Å². The summed E-state index contributed by atoms with van der Waals surface area (Å²) in [5, 5.41) is 97.1. The Kier molecular flexibility index (Phi) is 28.8. The van der Waals surface area contributed by atoms with E-state index >= 15 is 0 Å². The van der Waals surface area contributed by atoms with Gasteiger partial charge in [0.2, 0.25) is 5.91 Å². The van der Waals surface area contributed by atoms with Gasteiger partial charge < -0.3 is 74.8 Å². The van der Waals surface area contributed by atoms with E-state index < -0.39 is 105 Å². The van der Waals surface area contributed by atoms with Gasteiger partial charge in [0.15, 0.2) is 24.5 Å². The van der Waals surface area contributed by atoms with Gasteiger partial charge in [-0.05, 0) is 26.7 Å². The lowest BCUT2D eigenvalue weighted by atomic mass is 9.96. The third-order valence-corrected chi connectivity index (χ3v) is 14.3. The molecule has 0 saturated carbocycles. The van der Waals surface area contributed by atoms with E-state index in [0.29, 0.717) is 13.0 Å². The number of nitrogens with one attached hydrogen (secondary N) is 1. The van der Waals surface area contributed by atoms with Crippen molar-refractivity contribution < 1.29 is 74.1 Å². The molecule has 1 aromatic rings. The summed E-state index contributed by atoms with van der Waals surface area (Å²) >= 11 is 0. The van der Waals surface area contributed by atoms with Crippen molar-refractivity contribution in [3.05, 3.63) is 11.9 Å². The highest BCUT2D eigenvalue weighted by Crippen LogP contribution is 2.36. The molecule has 0 spiro atoms. The minimum absolute atomic E-state index is 0.158. The lowest BCUT2D eigenvalue weighted by molar-refractivity contribution is -0.369. The van der Waals surface area contributed by atoms with E-state index in [0.717, 1.165) is 49.6 Å². The summed E-state index contributed by atoms with van der Waals surface area (Å²) < 4.78 is 30.6. The Bertz CT molecular complexity index is 1600. The number of rotatable bonds is 35. The largest absolute Gasteiger partial charge is 0.394 e. The first kappa shape index (κ1) is 61.1. The Balaban J connectivity index is 1.42. The Morgan fingerprint density at radius 1 is 0.592 bits per heavy atom. The molecular formula is C51H93N5O15. The molecule has 20 heteroatoms. The highest BCUT2D eigenvalue weighted by Gasteiger charge is 2.54. The zero-order valence-corrected chi connectivity index (χ0v) is 43.3. The van der Waals surface area contributed by atoms with E-state index in [1.807, 2.05) is 0 Å². The number of aliphatic hydroxyl groups is 8. The molecule has 0 bridgehead atoms. The summed E-state index contributed by atoms with van der Waals surface area (Å²) in [6, 6.07) is 0. The number of hydrogen-bond donors (Lipinski definition) is 9. The van der Waals surface area contributed by atoms with Crippen LogP contribution < -0.4 is 5.32 Å². The molecule has 3 aliphatic rings. The van der Waals surface area contributed by atoms with E-state index in [1.165, 1.54) is 128 Å². The molecule has 0 aliphatic carbocycles. The number of carbonyl (C=O) groups is 2. The van der Waals surface area contributed by atoms with Gasteiger partial charge in [-0.3, -0.25) is 9.59 Å². The van der Waals surface area contributed by atoms with Crippen LogP contribution in [-0.2, 0) is 28.5 Å². The Morgan fingerprint density at radius 2 is 1.03 bits per heavy atom. The molecule has 4 heterocycles. The third-order valence-electron chi connectivity index (χ3n) is 14.3. The number of nitrogens with zero attached hydrogens (tertiary/aromatic N) is 4. The first-order chi connectivity index (χ1) is 34.2. The van der Waals surface area contributed by atoms with Gasteiger partial charge in [0.05, 0.1) is 31.6 Å². The number of carbonyl (C=O) groups excluding carboxylic acids is 2. The number of aliphatic hydroxyl groups excluding tert-OH is 8. The van der Waals surface area contributed by atoms with E-state index in [2.05, 4.69) is 29.5 Å². The number of amides is 2. The highest BCUT2D eigenvalue weighted by atomic mass is 16.7. The van der Waals surface area contributed by atoms with Gasteiger partial charge in [0.1, 0.15) is 61.0 Å². The fraction of sp³-hybridized carbons (Fsp3) is 0.922. The number of hydrogen-bond acceptors (Lipinski definition) is 17. The number of unbranched alkanes of at least 4 members (excludes halogenated alkanes) is 22. The Morgan fingerprint density at radius 3 is 1.49 bits per heavy atom. The molecule has 0 aromatic carbocycles. The van der Waals surface area contributed by atoms with Gasteiger partial charge in [0, 0.05) is 13.1 Å². The predicted molar refractivity (Wildman–Crippen MR) is 263 cm³/mol. The summed E-state index contributed by atoms with van der Waals surface area (Å²) in [5.74, 6) is -0.879. The summed E-state index contributed by atoms with van der Waals surface area (Å²) in [6.45, 7) is 7.12. The van der Waals surface area contributed by atoms with E-state index in [9.17, 15) is 50.4 Å². The summed E-state index contributed by atoms with van der Waals surface area (Å²) in [6.07, 6.45) is 6.17. The van der Waals surface area contributed by atoms with Crippen molar-refractivity contribution in [1.82, 2.24) is 25.2 Å². The average Bonchev–Trinajstić information content (AvgIpc) is 3.86. The second kappa shape index (κ2) is 33.5. The van der Waals surface area contributed by atoms with Crippen molar-refractivity contribution in [3.8, 4) is 0 Å². The van der Waals surface area contributed by atoms with Crippen molar-refractivity contribution >= 4 is 11.8 Å². The summed E-state index contributed by atoms with van der Waals surface area (Å²) in [5.41, 5.74) is -0.158. The molecule has 412 valence electrons. The number of aromatic nitrogens is 3. The Labute approximate surface area is 422 Å². The van der Waals surface area contributed by atoms with Crippen LogP contribution in [0.25, 0.3) is 0 Å². The molecule has 20 nitrogen and oxygen atoms in total. The van der Waals surface area contributed by atoms with Crippen LogP contribution in [0.4, 0.5) is 0 Å².